The first-order valence-corrected chi connectivity index (χ1v) is 15.8. The summed E-state index contributed by atoms with van der Waals surface area (Å²) in [5.41, 5.74) is -2.20. The molecule has 1 aliphatic carbocycles. The Morgan fingerprint density at radius 3 is 2.52 bits per heavy atom. The lowest BCUT2D eigenvalue weighted by atomic mass is 9.78. The Kier molecular flexibility index (Phi) is 12.9. The molecule has 2 fully saturated rings. The first-order chi connectivity index (χ1) is 22.9. The van der Waals surface area contributed by atoms with E-state index in [2.05, 4.69) is 11.9 Å². The summed E-state index contributed by atoms with van der Waals surface area (Å²) in [6.07, 6.45) is 2.88. The van der Waals surface area contributed by atoms with Gasteiger partial charge < -0.3 is 64.3 Å². The molecule has 1 saturated heterocycles. The van der Waals surface area contributed by atoms with Gasteiger partial charge in [-0.25, -0.2) is 9.59 Å². The Bertz CT molecular complexity index is 1280. The summed E-state index contributed by atoms with van der Waals surface area (Å²) in [6.45, 7) is 2.83. The predicted molar refractivity (Wildman–Crippen MR) is 165 cm³/mol. The predicted octanol–water partition coefficient (Wildman–Crippen LogP) is -1.27. The molecule has 7 atom stereocenters. The number of rotatable bonds is 14. The molecule has 8 N–H and O–H groups in total. The summed E-state index contributed by atoms with van der Waals surface area (Å²) >= 11 is 0. The third kappa shape index (κ3) is 8.34. The largest absolute Gasteiger partial charge is 0.478 e. The highest BCUT2D eigenvalue weighted by Gasteiger charge is 2.58. The second-order valence-corrected chi connectivity index (χ2v) is 12.1. The van der Waals surface area contributed by atoms with Crippen LogP contribution in [-0.2, 0) is 33.3 Å². The fourth-order valence-corrected chi connectivity index (χ4v) is 6.12. The summed E-state index contributed by atoms with van der Waals surface area (Å²) in [6, 6.07) is 0. The Balaban J connectivity index is 1.70. The minimum Gasteiger partial charge on any atom is -0.478 e. The number of nitrogens with zero attached hydrogens (tertiary/aromatic N) is 1. The van der Waals surface area contributed by atoms with Crippen molar-refractivity contribution in [1.82, 2.24) is 10.2 Å². The summed E-state index contributed by atoms with van der Waals surface area (Å²) in [5.74, 6) is -6.34. The molecule has 0 aromatic carbocycles. The maximum Gasteiger partial charge on any atom is 0.340 e. The average Bonchev–Trinajstić information content (AvgIpc) is 3.06. The van der Waals surface area contributed by atoms with Gasteiger partial charge in [-0.1, -0.05) is 18.6 Å². The van der Waals surface area contributed by atoms with E-state index < -0.39 is 66.7 Å². The Hall–Kier alpha value is -3.16. The second kappa shape index (κ2) is 16.5. The topological polar surface area (TPSA) is 237 Å². The van der Waals surface area contributed by atoms with E-state index in [1.165, 1.54) is 37.6 Å². The zero-order valence-corrected chi connectivity index (χ0v) is 26.7. The van der Waals surface area contributed by atoms with Gasteiger partial charge in [-0.05, 0) is 50.5 Å². The minimum absolute atomic E-state index is 0.0681. The van der Waals surface area contributed by atoms with Crippen molar-refractivity contribution < 1.29 is 69.0 Å². The van der Waals surface area contributed by atoms with Crippen LogP contribution < -0.4 is 5.32 Å². The Morgan fingerprint density at radius 1 is 1.17 bits per heavy atom. The maximum atomic E-state index is 13.6. The summed E-state index contributed by atoms with van der Waals surface area (Å²) in [5, 5.41) is 75.9. The number of aliphatic hydroxyl groups excluding tert-OH is 3. The molecule has 0 radical (unpaired) electrons. The van der Waals surface area contributed by atoms with E-state index in [-0.39, 0.29) is 43.7 Å². The monoisotopic (exact) mass is 682 g/mol. The van der Waals surface area contributed by atoms with E-state index in [9.17, 15) is 45.3 Å². The normalized spacial score (nSPS) is 32.6. The van der Waals surface area contributed by atoms with Crippen LogP contribution in [-0.4, -0.2) is 141 Å². The zero-order valence-electron chi connectivity index (χ0n) is 26.7. The third-order valence-corrected chi connectivity index (χ3v) is 8.70. The average molecular weight is 683 g/mol. The molecule has 0 amide bonds. The van der Waals surface area contributed by atoms with Gasteiger partial charge in [-0.3, -0.25) is 5.32 Å². The lowest BCUT2D eigenvalue weighted by Gasteiger charge is -2.48. The van der Waals surface area contributed by atoms with Gasteiger partial charge in [0.15, 0.2) is 12.4 Å². The SMILES string of the molecule is C=C[C@H]1[C@H](O[C@@H]2O[C@H](CO)[C@@H](O)C(O)(O)[C@H]2OCNC)OC=C(C(=O)OC2CCCCC2)[C@@]1(O)/C=C/C1=CC(C(=O)O)=CN(CCO)C1. The fourth-order valence-electron chi connectivity index (χ4n) is 6.12. The van der Waals surface area contributed by atoms with Crippen LogP contribution in [0.2, 0.25) is 0 Å². The molecule has 0 spiro atoms. The van der Waals surface area contributed by atoms with E-state index in [4.69, 9.17) is 23.7 Å². The second-order valence-electron chi connectivity index (χ2n) is 12.1. The number of esters is 1. The van der Waals surface area contributed by atoms with Crippen LogP contribution in [0, 0.1) is 5.92 Å². The molecule has 16 heteroatoms. The number of aliphatic hydroxyl groups is 6. The number of aliphatic carboxylic acids is 1. The number of hydrogen-bond acceptors (Lipinski definition) is 15. The van der Waals surface area contributed by atoms with Crippen molar-refractivity contribution >= 4 is 11.9 Å². The molecule has 3 heterocycles. The van der Waals surface area contributed by atoms with Gasteiger partial charge in [0, 0.05) is 19.3 Å². The summed E-state index contributed by atoms with van der Waals surface area (Å²) in [4.78, 5) is 27.0. The highest BCUT2D eigenvalue weighted by atomic mass is 16.8. The fraction of sp³-hybridized carbons (Fsp3) is 0.625. The number of ether oxygens (including phenoxy) is 5. The van der Waals surface area contributed by atoms with E-state index in [1.54, 1.807) is 4.90 Å². The maximum absolute atomic E-state index is 13.6. The van der Waals surface area contributed by atoms with Gasteiger partial charge in [0.05, 0.1) is 31.4 Å². The van der Waals surface area contributed by atoms with Gasteiger partial charge in [0.2, 0.25) is 12.1 Å². The van der Waals surface area contributed by atoms with E-state index in [0.29, 0.717) is 18.4 Å². The molecule has 16 nitrogen and oxygen atoms in total. The van der Waals surface area contributed by atoms with Crippen molar-refractivity contribution in [2.45, 2.75) is 80.5 Å². The first-order valence-electron chi connectivity index (χ1n) is 15.8. The number of carboxylic acids is 1. The molecular weight excluding hydrogens is 636 g/mol. The summed E-state index contributed by atoms with van der Waals surface area (Å²) in [7, 11) is 1.52. The standard InChI is InChI=1S/C32H46N2O14/c1-3-22-29(48-30-26(45-18-33-2)32(42,43)25(37)24(16-36)47-30)44-17-23(28(40)46-21-7-5-4-6-8-21)31(22,41)10-9-19-13-20(27(38)39)15-34(14-19)11-12-35/h3,9-10,13,15,17,21-22,24-26,29-30,33,35-37,41-43H,1,4-8,11-12,14,16,18H2,2H3,(H,38,39)/b10-9+/t22-,24+,25+,26-,29-,30-,31+/m0/s1. The first kappa shape index (κ1) is 37.7. The van der Waals surface area contributed by atoms with Crippen LogP contribution in [0.5, 0.6) is 0 Å². The van der Waals surface area contributed by atoms with Crippen molar-refractivity contribution in [3.8, 4) is 0 Å². The van der Waals surface area contributed by atoms with Crippen LogP contribution in [0.4, 0.5) is 0 Å². The smallest absolute Gasteiger partial charge is 0.340 e. The van der Waals surface area contributed by atoms with Crippen LogP contribution in [0.1, 0.15) is 32.1 Å². The van der Waals surface area contributed by atoms with Crippen LogP contribution in [0.15, 0.2) is 60.1 Å². The molecule has 268 valence electrons. The Labute approximate surface area is 277 Å². The van der Waals surface area contributed by atoms with Gasteiger partial charge in [-0.15, -0.1) is 6.58 Å². The lowest BCUT2D eigenvalue weighted by molar-refractivity contribution is -0.412. The van der Waals surface area contributed by atoms with Crippen molar-refractivity contribution in [2.75, 3.05) is 40.1 Å². The number of carbonyl (C=O) groups excluding carboxylic acids is 1. The quantitative estimate of drug-likeness (QED) is 0.0606. The summed E-state index contributed by atoms with van der Waals surface area (Å²) < 4.78 is 28.6. The number of β-amino-alcohol motifs (C(OH)–C–C–N with tert-alkyl or cyclic N) is 1. The van der Waals surface area contributed by atoms with Gasteiger partial charge in [-0.2, -0.15) is 0 Å². The van der Waals surface area contributed by atoms with Gasteiger partial charge in [0.25, 0.3) is 0 Å². The van der Waals surface area contributed by atoms with E-state index in [1.807, 2.05) is 0 Å². The number of carbonyl (C=O) groups is 2. The highest BCUT2D eigenvalue weighted by molar-refractivity contribution is 5.92. The van der Waals surface area contributed by atoms with Crippen LogP contribution >= 0.6 is 0 Å². The number of hydrogen-bond donors (Lipinski definition) is 8. The lowest BCUT2D eigenvalue weighted by Crippen LogP contribution is -2.69. The van der Waals surface area contributed by atoms with Gasteiger partial charge >= 0.3 is 11.9 Å². The Morgan fingerprint density at radius 2 is 1.90 bits per heavy atom. The molecule has 1 saturated carbocycles. The molecule has 0 bridgehead atoms. The molecular formula is C32H46N2O14. The number of carboxylic acid groups (broad SMARTS) is 1. The van der Waals surface area contributed by atoms with Crippen molar-refractivity contribution in [3.63, 3.8) is 0 Å². The molecule has 48 heavy (non-hydrogen) atoms. The van der Waals surface area contributed by atoms with Crippen molar-refractivity contribution in [2.24, 2.45) is 5.92 Å². The molecule has 0 unspecified atom stereocenters. The van der Waals surface area contributed by atoms with Crippen molar-refractivity contribution in [1.29, 1.82) is 0 Å². The molecule has 3 aliphatic heterocycles. The minimum atomic E-state index is -2.96. The molecule has 0 aromatic heterocycles. The third-order valence-electron chi connectivity index (χ3n) is 8.70. The van der Waals surface area contributed by atoms with Crippen LogP contribution in [0.25, 0.3) is 0 Å². The van der Waals surface area contributed by atoms with Crippen LogP contribution in [0.3, 0.4) is 0 Å². The van der Waals surface area contributed by atoms with Crippen molar-refractivity contribution in [3.05, 3.63) is 60.1 Å². The van der Waals surface area contributed by atoms with Gasteiger partial charge in [0.1, 0.15) is 35.7 Å². The molecule has 0 aromatic rings. The number of nitrogens with one attached hydrogen (secondary N) is 1. The van der Waals surface area contributed by atoms with E-state index >= 15 is 0 Å². The molecule has 4 rings (SSSR count). The zero-order chi connectivity index (χ0) is 35.1. The highest BCUT2D eigenvalue weighted by Crippen LogP contribution is 2.41. The van der Waals surface area contributed by atoms with E-state index in [0.717, 1.165) is 25.5 Å². The molecule has 4 aliphatic rings.